The molecule has 0 bridgehead atoms. The van der Waals surface area contributed by atoms with Gasteiger partial charge in [-0.15, -0.1) is 0 Å². The molecule has 0 radical (unpaired) electrons. The first-order valence-electron chi connectivity index (χ1n) is 7.91. The minimum absolute atomic E-state index is 0.0466. The highest BCUT2D eigenvalue weighted by molar-refractivity contribution is 5.91. The van der Waals surface area contributed by atoms with Crippen molar-refractivity contribution in [3.05, 3.63) is 42.5 Å². The third-order valence-electron chi connectivity index (χ3n) is 3.73. The number of aromatic amines is 1. The van der Waals surface area contributed by atoms with Gasteiger partial charge in [0.1, 0.15) is 11.8 Å². The first kappa shape index (κ1) is 15.9. The Balaban J connectivity index is 1.51. The summed E-state index contributed by atoms with van der Waals surface area (Å²) >= 11 is 0. The monoisotopic (exact) mass is 324 g/mol. The van der Waals surface area contributed by atoms with E-state index in [4.69, 9.17) is 0 Å². The summed E-state index contributed by atoms with van der Waals surface area (Å²) in [6, 6.07) is 7.93. The van der Waals surface area contributed by atoms with Crippen LogP contribution in [-0.4, -0.2) is 32.4 Å². The average molecular weight is 324 g/mol. The number of nitrogens with zero attached hydrogens (tertiary/aromatic N) is 3. The Labute approximate surface area is 139 Å². The van der Waals surface area contributed by atoms with Crippen LogP contribution in [0.4, 0.5) is 11.5 Å². The topological polar surface area (TPSA) is 95.6 Å². The number of fused-ring (bicyclic) bond motifs is 1. The van der Waals surface area contributed by atoms with Crippen molar-refractivity contribution in [3.63, 3.8) is 0 Å². The number of hydrogen-bond acceptors (Lipinski definition) is 5. The standard InChI is InChI=1S/C17H20N6O/c1-11(2)12-3-5-13(6-4-12)23-14(24)7-8-18-16-15-17(20-9-19-15)22-10-21-16/h3-6,9-11H,7-8H2,1-2H3,(H,23,24)(H2,18,19,20,21,22). The quantitative estimate of drug-likeness (QED) is 0.648. The van der Waals surface area contributed by atoms with E-state index in [2.05, 4.69) is 44.4 Å². The van der Waals surface area contributed by atoms with Gasteiger partial charge in [0.2, 0.25) is 5.91 Å². The maximum Gasteiger partial charge on any atom is 0.226 e. The molecule has 0 atom stereocenters. The minimum Gasteiger partial charge on any atom is -0.368 e. The van der Waals surface area contributed by atoms with Gasteiger partial charge in [-0.1, -0.05) is 26.0 Å². The molecule has 124 valence electrons. The molecule has 0 saturated carbocycles. The molecule has 7 nitrogen and oxygen atoms in total. The molecule has 0 unspecified atom stereocenters. The number of carbonyl (C=O) groups excluding carboxylic acids is 1. The van der Waals surface area contributed by atoms with Crippen molar-refractivity contribution in [1.82, 2.24) is 19.9 Å². The van der Waals surface area contributed by atoms with E-state index in [-0.39, 0.29) is 5.91 Å². The largest absolute Gasteiger partial charge is 0.368 e. The van der Waals surface area contributed by atoms with Gasteiger partial charge < -0.3 is 15.6 Å². The van der Waals surface area contributed by atoms with Crippen LogP contribution in [0.2, 0.25) is 0 Å². The van der Waals surface area contributed by atoms with Gasteiger partial charge in [-0.05, 0) is 23.6 Å². The van der Waals surface area contributed by atoms with Gasteiger partial charge in [0.15, 0.2) is 11.5 Å². The molecule has 3 rings (SSSR count). The minimum atomic E-state index is -0.0466. The van der Waals surface area contributed by atoms with Gasteiger partial charge in [-0.25, -0.2) is 15.0 Å². The molecule has 0 saturated heterocycles. The Morgan fingerprint density at radius 1 is 1.17 bits per heavy atom. The van der Waals surface area contributed by atoms with Crippen molar-refractivity contribution in [3.8, 4) is 0 Å². The van der Waals surface area contributed by atoms with Crippen LogP contribution in [-0.2, 0) is 4.79 Å². The second kappa shape index (κ2) is 7.08. The lowest BCUT2D eigenvalue weighted by atomic mass is 10.0. The molecular formula is C17H20N6O. The summed E-state index contributed by atoms with van der Waals surface area (Å²) < 4.78 is 0. The summed E-state index contributed by atoms with van der Waals surface area (Å²) in [6.07, 6.45) is 3.35. The summed E-state index contributed by atoms with van der Waals surface area (Å²) in [6.45, 7) is 4.76. The van der Waals surface area contributed by atoms with E-state index in [1.165, 1.54) is 11.9 Å². The molecule has 7 heteroatoms. The molecule has 24 heavy (non-hydrogen) atoms. The molecule has 3 aromatic rings. The number of H-pyrrole nitrogens is 1. The van der Waals surface area contributed by atoms with E-state index >= 15 is 0 Å². The first-order chi connectivity index (χ1) is 11.6. The summed E-state index contributed by atoms with van der Waals surface area (Å²) in [4.78, 5) is 27.3. The number of benzene rings is 1. The van der Waals surface area contributed by atoms with Crippen LogP contribution in [0.5, 0.6) is 0 Å². The van der Waals surface area contributed by atoms with Crippen molar-refractivity contribution in [2.75, 3.05) is 17.2 Å². The number of hydrogen-bond donors (Lipinski definition) is 3. The summed E-state index contributed by atoms with van der Waals surface area (Å²) in [5.41, 5.74) is 3.40. The van der Waals surface area contributed by atoms with Crippen molar-refractivity contribution >= 4 is 28.6 Å². The zero-order valence-electron chi connectivity index (χ0n) is 13.7. The lowest BCUT2D eigenvalue weighted by Gasteiger charge is -2.09. The smallest absolute Gasteiger partial charge is 0.226 e. The van der Waals surface area contributed by atoms with Crippen LogP contribution in [0, 0.1) is 0 Å². The fourth-order valence-electron chi connectivity index (χ4n) is 2.37. The predicted octanol–water partition coefficient (Wildman–Crippen LogP) is 2.92. The number of carbonyl (C=O) groups is 1. The van der Waals surface area contributed by atoms with Gasteiger partial charge >= 0.3 is 0 Å². The van der Waals surface area contributed by atoms with Crippen LogP contribution in [0.15, 0.2) is 36.9 Å². The highest BCUT2D eigenvalue weighted by Crippen LogP contribution is 2.17. The van der Waals surface area contributed by atoms with Crippen LogP contribution in [0.25, 0.3) is 11.2 Å². The third kappa shape index (κ3) is 3.68. The van der Waals surface area contributed by atoms with Gasteiger partial charge in [0, 0.05) is 18.7 Å². The molecule has 1 aromatic carbocycles. The van der Waals surface area contributed by atoms with E-state index in [1.54, 1.807) is 6.33 Å². The van der Waals surface area contributed by atoms with Gasteiger partial charge in [-0.2, -0.15) is 0 Å². The average Bonchev–Trinajstić information content (AvgIpc) is 3.05. The molecule has 2 aromatic heterocycles. The number of anilines is 2. The molecule has 0 fully saturated rings. The second-order valence-corrected chi connectivity index (χ2v) is 5.83. The zero-order valence-corrected chi connectivity index (χ0v) is 13.7. The van der Waals surface area contributed by atoms with Crippen LogP contribution in [0.1, 0.15) is 31.7 Å². The first-order valence-corrected chi connectivity index (χ1v) is 7.91. The van der Waals surface area contributed by atoms with Crippen molar-refractivity contribution in [2.24, 2.45) is 0 Å². The van der Waals surface area contributed by atoms with E-state index in [9.17, 15) is 4.79 Å². The van der Waals surface area contributed by atoms with E-state index in [1.807, 2.05) is 24.3 Å². The molecular weight excluding hydrogens is 304 g/mol. The van der Waals surface area contributed by atoms with Crippen LogP contribution < -0.4 is 10.6 Å². The number of nitrogens with one attached hydrogen (secondary N) is 3. The SMILES string of the molecule is CC(C)c1ccc(NC(=O)CCNc2ncnc3nc[nH]c23)cc1. The summed E-state index contributed by atoms with van der Waals surface area (Å²) in [7, 11) is 0. The van der Waals surface area contributed by atoms with Gasteiger partial charge in [0.25, 0.3) is 0 Å². The van der Waals surface area contributed by atoms with E-state index < -0.39 is 0 Å². The fraction of sp³-hybridized carbons (Fsp3) is 0.294. The van der Waals surface area contributed by atoms with Crippen molar-refractivity contribution in [1.29, 1.82) is 0 Å². The molecule has 0 aliphatic carbocycles. The third-order valence-corrected chi connectivity index (χ3v) is 3.73. The van der Waals surface area contributed by atoms with Gasteiger partial charge in [0.05, 0.1) is 6.33 Å². The van der Waals surface area contributed by atoms with Gasteiger partial charge in [-0.3, -0.25) is 4.79 Å². The second-order valence-electron chi connectivity index (χ2n) is 5.83. The Hall–Kier alpha value is -2.96. The summed E-state index contributed by atoms with van der Waals surface area (Å²) in [5.74, 6) is 1.08. The highest BCUT2D eigenvalue weighted by Gasteiger charge is 2.07. The molecule has 2 heterocycles. The highest BCUT2D eigenvalue weighted by atomic mass is 16.1. The summed E-state index contributed by atoms with van der Waals surface area (Å²) in [5, 5.41) is 6.03. The lowest BCUT2D eigenvalue weighted by molar-refractivity contribution is -0.115. The zero-order chi connectivity index (χ0) is 16.9. The number of amides is 1. The Morgan fingerprint density at radius 3 is 2.71 bits per heavy atom. The number of imidazole rings is 1. The number of rotatable bonds is 6. The Bertz CT molecular complexity index is 824. The maximum absolute atomic E-state index is 12.0. The fourth-order valence-corrected chi connectivity index (χ4v) is 2.37. The van der Waals surface area contributed by atoms with Crippen LogP contribution in [0.3, 0.4) is 0 Å². The molecule has 3 N–H and O–H groups in total. The Morgan fingerprint density at radius 2 is 1.96 bits per heavy atom. The van der Waals surface area contributed by atoms with Crippen molar-refractivity contribution < 1.29 is 4.79 Å². The van der Waals surface area contributed by atoms with E-state index in [0.717, 1.165) is 11.2 Å². The molecule has 0 spiro atoms. The van der Waals surface area contributed by atoms with Crippen LogP contribution >= 0.6 is 0 Å². The van der Waals surface area contributed by atoms with Crippen molar-refractivity contribution in [2.45, 2.75) is 26.2 Å². The predicted molar refractivity (Wildman–Crippen MR) is 94.0 cm³/mol. The molecule has 0 aliphatic heterocycles. The van der Waals surface area contributed by atoms with E-state index in [0.29, 0.717) is 30.3 Å². The molecule has 0 aliphatic rings. The normalized spacial score (nSPS) is 11.0. The number of aromatic nitrogens is 4. The molecule has 1 amide bonds. The Kier molecular flexibility index (Phi) is 4.69. The lowest BCUT2D eigenvalue weighted by Crippen LogP contribution is -2.16. The maximum atomic E-state index is 12.0.